The van der Waals surface area contributed by atoms with Crippen LogP contribution in [0.25, 0.3) is 21.3 Å². The van der Waals surface area contributed by atoms with E-state index in [4.69, 9.17) is 0 Å². The van der Waals surface area contributed by atoms with Crippen LogP contribution in [0.2, 0.25) is 0 Å². The Balaban J connectivity index is 0.000000270. The van der Waals surface area contributed by atoms with E-state index in [1.165, 1.54) is 33.4 Å². The van der Waals surface area contributed by atoms with Gasteiger partial charge >= 0.3 is 45.3 Å². The molecule has 6 rings (SSSR count). The minimum atomic E-state index is -10.7. The summed E-state index contributed by atoms with van der Waals surface area (Å²) in [5.74, 6) is 0. The molecule has 4 nitrogen and oxygen atoms in total. The molecule has 56 heavy (non-hydrogen) atoms. The van der Waals surface area contributed by atoms with Crippen molar-refractivity contribution in [1.29, 1.82) is 0 Å². The molecule has 2 aliphatic carbocycles. The van der Waals surface area contributed by atoms with Crippen LogP contribution in [-0.2, 0) is 20.1 Å². The zero-order valence-electron chi connectivity index (χ0n) is 29.8. The van der Waals surface area contributed by atoms with Gasteiger partial charge in [-0.15, -0.1) is 24.3 Å². The van der Waals surface area contributed by atoms with Crippen LogP contribution in [0.3, 0.4) is 0 Å². The average Bonchev–Trinajstić information content (AvgIpc) is 3.08. The van der Waals surface area contributed by atoms with Gasteiger partial charge in [-0.3, -0.25) is 0 Å². The number of allylic oxidation sites excluding steroid dienone is 22. The first-order chi connectivity index (χ1) is 25.1. The molecule has 0 aromatic heterocycles. The second kappa shape index (κ2) is 18.2. The van der Waals surface area contributed by atoms with Gasteiger partial charge in [-0.25, -0.2) is 11.4 Å². The van der Waals surface area contributed by atoms with Crippen molar-refractivity contribution in [2.75, 3.05) is 0 Å². The standard InChI is InChI=1S/2C13H13N.C12H6F6N2.F6P.Ir/c2*1-10-3-5-12(6-4-10)13-9-11(2)7-8-14-13;13-11(14,15)7-1-3-19-9(5-7)10-6-8(2-4-20-10)12(16,17)18;1-7(2,3,4,5)6;/h2*3-4,7-9H,5H2,1-2H3;1-6H;;/q3*-2;-1;. The number of alkyl halides is 6. The topological polar surface area (TPSA) is 56.4 Å². The van der Waals surface area contributed by atoms with Crippen LogP contribution < -0.4 is 0 Å². The Labute approximate surface area is 330 Å². The first-order valence-corrected chi connectivity index (χ1v) is 17.9. The third kappa shape index (κ3) is 18.4. The molecule has 6 aliphatic rings. The second-order valence-electron chi connectivity index (χ2n) is 12.1. The summed E-state index contributed by atoms with van der Waals surface area (Å²) in [5, 5.41) is 15.9. The van der Waals surface area contributed by atoms with Gasteiger partial charge in [0.2, 0.25) is 0 Å². The van der Waals surface area contributed by atoms with Crippen LogP contribution in [-0.4, -0.2) is 12.4 Å². The molecular weight excluding hydrogens is 964 g/mol. The van der Waals surface area contributed by atoms with Crippen LogP contribution >= 0.6 is 7.81 Å². The van der Waals surface area contributed by atoms with Crippen LogP contribution in [0.1, 0.15) is 40.5 Å². The van der Waals surface area contributed by atoms with Crippen LogP contribution in [0.15, 0.2) is 165 Å². The Bertz CT molecular complexity index is 1850. The molecule has 0 N–H and O–H groups in total. The normalized spacial score (nSPS) is 23.9. The molecule has 0 spiro atoms. The summed E-state index contributed by atoms with van der Waals surface area (Å²) >= 11 is 0. The van der Waals surface area contributed by atoms with Crippen molar-refractivity contribution in [3.63, 3.8) is 0 Å². The maximum Gasteiger partial charge on any atom is 0 e. The number of halogens is 12. The number of rotatable bonds is 0. The van der Waals surface area contributed by atoms with Gasteiger partial charge in [0, 0.05) is 20.1 Å². The van der Waals surface area contributed by atoms with E-state index in [2.05, 4.69) is 85.4 Å². The van der Waals surface area contributed by atoms with Crippen molar-refractivity contribution in [2.45, 2.75) is 52.9 Å². The first-order valence-electron chi connectivity index (χ1n) is 15.9. The molecule has 18 heteroatoms. The molecule has 0 saturated heterocycles. The van der Waals surface area contributed by atoms with Gasteiger partial charge in [0.1, 0.15) is 0 Å². The van der Waals surface area contributed by atoms with Crippen LogP contribution in [0, 0.1) is 12.2 Å². The van der Waals surface area contributed by atoms with Crippen molar-refractivity contribution >= 4 is 7.81 Å². The molecule has 0 atom stereocenters. The second-order valence-corrected chi connectivity index (χ2v) is 14.0. The third-order valence-corrected chi connectivity index (χ3v) is 7.09. The molecule has 0 saturated carbocycles. The van der Waals surface area contributed by atoms with E-state index in [1.807, 2.05) is 36.7 Å². The van der Waals surface area contributed by atoms with Crippen molar-refractivity contribution in [2.24, 2.45) is 0 Å². The average molecular weight is 996 g/mol. The van der Waals surface area contributed by atoms with E-state index in [9.17, 15) is 51.5 Å². The molecule has 4 heterocycles. The molecule has 0 bridgehead atoms. The van der Waals surface area contributed by atoms with E-state index in [-0.39, 0.29) is 31.5 Å². The third-order valence-electron chi connectivity index (χ3n) is 7.09. The van der Waals surface area contributed by atoms with E-state index in [1.54, 1.807) is 0 Å². The van der Waals surface area contributed by atoms with Gasteiger partial charge < -0.3 is 21.3 Å². The number of nitrogens with zero attached hydrogens (tertiary/aromatic N) is 4. The van der Waals surface area contributed by atoms with E-state index < -0.39 is 31.3 Å². The summed E-state index contributed by atoms with van der Waals surface area (Å²) in [6.45, 7) is 8.35. The van der Waals surface area contributed by atoms with Crippen molar-refractivity contribution in [3.8, 4) is 0 Å². The fourth-order valence-corrected chi connectivity index (χ4v) is 4.42. The molecule has 0 fully saturated rings. The molecule has 4 aliphatic heterocycles. The monoisotopic (exact) mass is 996 g/mol. The molecule has 309 valence electrons. The molecular formula is C38H32F12IrN4P-7. The Morgan fingerprint density at radius 1 is 0.482 bits per heavy atom. The summed E-state index contributed by atoms with van der Waals surface area (Å²) in [7, 11) is -10.7. The number of hydrogen-bond acceptors (Lipinski definition) is 0. The Morgan fingerprint density at radius 2 is 0.786 bits per heavy atom. The fourth-order valence-electron chi connectivity index (χ4n) is 4.42. The quantitative estimate of drug-likeness (QED) is 0.132. The molecule has 0 unspecified atom stereocenters. The van der Waals surface area contributed by atoms with E-state index in [0.29, 0.717) is 12.2 Å². The first kappa shape index (κ1) is 47.7. The molecule has 0 amide bonds. The summed E-state index contributed by atoms with van der Waals surface area (Å²) in [4.78, 5) is 0. The van der Waals surface area contributed by atoms with Gasteiger partial charge in [-0.05, 0) is 26.7 Å². The van der Waals surface area contributed by atoms with Crippen molar-refractivity contribution < 1.29 is 71.6 Å². The predicted molar refractivity (Wildman–Crippen MR) is 193 cm³/mol. The van der Waals surface area contributed by atoms with Crippen LogP contribution in [0.4, 0.5) is 51.5 Å². The van der Waals surface area contributed by atoms with E-state index >= 15 is 0 Å². The Kier molecular flexibility index (Phi) is 15.5. The SMILES string of the molecule is CC1=CCC(=C2C=C(C)C=C[N-]2)[C-]=C1.CC1=CCC(=C2C=C(C)C=C[N-]2)[C-]=C1.FC(F)(F)C1=CC(=C2C=C(C(F)(F)F)C=C[N-]2)[N-]C=C1.F[P-](F)(F)(F)(F)F.[Ir]. The van der Waals surface area contributed by atoms with Crippen molar-refractivity contribution in [3.05, 3.63) is 199 Å². The van der Waals surface area contributed by atoms with E-state index in [0.717, 1.165) is 48.8 Å². The predicted octanol–water partition coefficient (Wildman–Crippen LogP) is 16.0. The van der Waals surface area contributed by atoms with Gasteiger partial charge in [-0.2, -0.15) is 109 Å². The zero-order chi connectivity index (χ0) is 41.3. The maximum absolute atomic E-state index is 12.5. The molecule has 0 aromatic rings. The van der Waals surface area contributed by atoms with Crippen molar-refractivity contribution in [1.82, 2.24) is 0 Å². The Hall–Kier alpha value is -4.46. The summed E-state index contributed by atoms with van der Waals surface area (Å²) in [6, 6.07) is 0. The minimum Gasteiger partial charge on any atom is 0 e. The summed E-state index contributed by atoms with van der Waals surface area (Å²) in [6.07, 6.45) is 24.1. The summed E-state index contributed by atoms with van der Waals surface area (Å²) in [5.41, 5.74) is 6.96. The van der Waals surface area contributed by atoms with Gasteiger partial charge in [0.25, 0.3) is 0 Å². The fraction of sp³-hybridized carbons (Fsp3) is 0.211. The smallest absolute Gasteiger partial charge is 0 e. The largest absolute Gasteiger partial charge is 0 e. The van der Waals surface area contributed by atoms with Gasteiger partial charge in [-0.1, -0.05) is 61.4 Å². The summed E-state index contributed by atoms with van der Waals surface area (Å²) < 4.78 is 134. The van der Waals surface area contributed by atoms with Gasteiger partial charge in [0.05, 0.1) is 11.1 Å². The Morgan fingerprint density at radius 3 is 1.05 bits per heavy atom. The maximum atomic E-state index is 12.5. The molecule has 0 aromatic carbocycles. The minimum absolute atomic E-state index is 0. The molecule has 1 radical (unpaired) electrons. The zero-order valence-corrected chi connectivity index (χ0v) is 33.0. The van der Waals surface area contributed by atoms with Gasteiger partial charge in [0.15, 0.2) is 0 Å². The van der Waals surface area contributed by atoms with Crippen LogP contribution in [0.5, 0.6) is 0 Å². The number of hydrogen-bond donors (Lipinski definition) is 0.